The van der Waals surface area contributed by atoms with Crippen molar-refractivity contribution < 1.29 is 0 Å². The van der Waals surface area contributed by atoms with Gasteiger partial charge in [-0.05, 0) is 24.5 Å². The Morgan fingerprint density at radius 2 is 2.15 bits per heavy atom. The molecule has 1 aliphatic rings. The van der Waals surface area contributed by atoms with Crippen LogP contribution in [0.1, 0.15) is 27.2 Å². The number of hydrazone groups is 1. The number of nitrogens with zero attached hydrogens (tertiary/aromatic N) is 2. The van der Waals surface area contributed by atoms with Gasteiger partial charge in [-0.25, -0.2) is 0 Å². The largest absolute Gasteiger partial charge is 0.269 e. The van der Waals surface area contributed by atoms with Crippen molar-refractivity contribution in [3.8, 4) is 0 Å². The molecule has 72 valence electrons. The van der Waals surface area contributed by atoms with E-state index in [4.69, 9.17) is 0 Å². The molecule has 2 heteroatoms. The molecule has 0 atom stereocenters. The lowest BCUT2D eigenvalue weighted by molar-refractivity contribution is 0.451. The van der Waals surface area contributed by atoms with Gasteiger partial charge < -0.3 is 0 Å². The fourth-order valence-electron chi connectivity index (χ4n) is 1.26. The monoisotopic (exact) mass is 178 g/mol. The van der Waals surface area contributed by atoms with E-state index in [0.29, 0.717) is 5.92 Å². The maximum atomic E-state index is 4.48. The first kappa shape index (κ1) is 10.0. The maximum absolute atomic E-state index is 4.48. The summed E-state index contributed by atoms with van der Waals surface area (Å²) in [5.74, 6) is 0.502. The highest BCUT2D eigenvalue weighted by molar-refractivity contribution is 5.97. The zero-order valence-corrected chi connectivity index (χ0v) is 8.91. The van der Waals surface area contributed by atoms with Gasteiger partial charge in [-0.3, -0.25) is 5.01 Å². The third kappa shape index (κ3) is 2.44. The van der Waals surface area contributed by atoms with Crippen LogP contribution in [0.5, 0.6) is 0 Å². The molecule has 13 heavy (non-hydrogen) atoms. The van der Waals surface area contributed by atoms with Crippen molar-refractivity contribution in [3.05, 3.63) is 23.9 Å². The molecular weight excluding hydrogens is 160 g/mol. The molecule has 2 nitrogen and oxygen atoms in total. The van der Waals surface area contributed by atoms with Crippen LogP contribution in [0.4, 0.5) is 0 Å². The molecule has 0 aromatic carbocycles. The molecule has 1 heterocycles. The second-order valence-corrected chi connectivity index (χ2v) is 3.57. The normalized spacial score (nSPS) is 19.9. The third-order valence-electron chi connectivity index (χ3n) is 2.07. The van der Waals surface area contributed by atoms with E-state index in [1.54, 1.807) is 0 Å². The van der Waals surface area contributed by atoms with E-state index in [-0.39, 0.29) is 0 Å². The fraction of sp³-hybridized carbons (Fsp3) is 0.545. The van der Waals surface area contributed by atoms with E-state index in [9.17, 15) is 0 Å². The summed E-state index contributed by atoms with van der Waals surface area (Å²) in [6.07, 6.45) is 7.46. The lowest BCUT2D eigenvalue weighted by Gasteiger charge is -2.21. The molecule has 0 spiro atoms. The summed E-state index contributed by atoms with van der Waals surface area (Å²) in [6.45, 7) is 6.45. The van der Waals surface area contributed by atoms with E-state index < -0.39 is 0 Å². The average Bonchev–Trinajstić information content (AvgIpc) is 2.08. The summed E-state index contributed by atoms with van der Waals surface area (Å²) >= 11 is 0. The van der Waals surface area contributed by atoms with Gasteiger partial charge >= 0.3 is 0 Å². The molecule has 1 rings (SSSR count). The van der Waals surface area contributed by atoms with Crippen molar-refractivity contribution in [1.82, 2.24) is 5.01 Å². The van der Waals surface area contributed by atoms with Gasteiger partial charge in [0.2, 0.25) is 0 Å². The van der Waals surface area contributed by atoms with Crippen LogP contribution in [0.25, 0.3) is 0 Å². The molecule has 0 aromatic heterocycles. The zero-order chi connectivity index (χ0) is 9.84. The predicted octanol–water partition coefficient (Wildman–Crippen LogP) is 2.79. The molecule has 1 aliphatic heterocycles. The smallest absolute Gasteiger partial charge is 0.0635 e. The fourth-order valence-corrected chi connectivity index (χ4v) is 1.26. The number of likely N-dealkylation sites (N-methyl/N-ethyl adjacent to an activating group) is 1. The van der Waals surface area contributed by atoms with E-state index in [2.05, 4.69) is 44.1 Å². The van der Waals surface area contributed by atoms with E-state index >= 15 is 0 Å². The first-order valence-corrected chi connectivity index (χ1v) is 4.85. The van der Waals surface area contributed by atoms with Gasteiger partial charge in [-0.1, -0.05) is 26.8 Å². The van der Waals surface area contributed by atoms with Crippen LogP contribution in [0.15, 0.2) is 29.0 Å². The topological polar surface area (TPSA) is 15.6 Å². The van der Waals surface area contributed by atoms with Gasteiger partial charge in [0.05, 0.1) is 11.4 Å². The van der Waals surface area contributed by atoms with Crippen molar-refractivity contribution in [1.29, 1.82) is 0 Å². The molecule has 0 bridgehead atoms. The minimum Gasteiger partial charge on any atom is -0.269 e. The summed E-state index contributed by atoms with van der Waals surface area (Å²) in [7, 11) is 1.99. The minimum absolute atomic E-state index is 0.502. The summed E-state index contributed by atoms with van der Waals surface area (Å²) in [6, 6.07) is 0. The SMILES string of the molecule is CC/C=C1/C=CC(C(C)C)=NN1C. The first-order chi connectivity index (χ1) is 6.15. The molecule has 0 unspecified atom stereocenters. The second kappa shape index (κ2) is 4.26. The van der Waals surface area contributed by atoms with E-state index in [1.165, 1.54) is 5.70 Å². The molecule has 0 N–H and O–H groups in total. The number of allylic oxidation sites excluding steroid dienone is 3. The van der Waals surface area contributed by atoms with Crippen LogP contribution >= 0.6 is 0 Å². The van der Waals surface area contributed by atoms with Crippen LogP contribution < -0.4 is 0 Å². The van der Waals surface area contributed by atoms with Gasteiger partial charge in [-0.15, -0.1) is 0 Å². The average molecular weight is 178 g/mol. The van der Waals surface area contributed by atoms with Gasteiger partial charge in [0.1, 0.15) is 0 Å². The molecule has 0 fully saturated rings. The molecular formula is C11H18N2. The van der Waals surface area contributed by atoms with Gasteiger partial charge in [0.25, 0.3) is 0 Å². The summed E-state index contributed by atoms with van der Waals surface area (Å²) < 4.78 is 0. The molecule has 0 amide bonds. The quantitative estimate of drug-likeness (QED) is 0.635. The number of rotatable bonds is 2. The Morgan fingerprint density at radius 1 is 1.46 bits per heavy atom. The Labute approximate surface area is 80.6 Å². The van der Waals surface area contributed by atoms with E-state index in [1.807, 2.05) is 12.1 Å². The summed E-state index contributed by atoms with van der Waals surface area (Å²) in [4.78, 5) is 0. The van der Waals surface area contributed by atoms with Crippen LogP contribution in [-0.2, 0) is 0 Å². The Morgan fingerprint density at radius 3 is 2.62 bits per heavy atom. The zero-order valence-electron chi connectivity index (χ0n) is 8.91. The van der Waals surface area contributed by atoms with Gasteiger partial charge in [-0.2, -0.15) is 5.10 Å². The molecule has 0 radical (unpaired) electrons. The Bertz CT molecular complexity index is 259. The van der Waals surface area contributed by atoms with Crippen LogP contribution in [0.2, 0.25) is 0 Å². The van der Waals surface area contributed by atoms with Crippen LogP contribution in [0, 0.1) is 5.92 Å². The lowest BCUT2D eigenvalue weighted by atomic mass is 10.1. The standard InChI is InChI=1S/C11H18N2/c1-5-6-10-7-8-11(9(2)3)12-13(10)4/h6-9H,5H2,1-4H3/b10-6-. The van der Waals surface area contributed by atoms with Crippen molar-refractivity contribution in [2.24, 2.45) is 11.0 Å². The second-order valence-electron chi connectivity index (χ2n) is 3.57. The highest BCUT2D eigenvalue weighted by Crippen LogP contribution is 2.14. The van der Waals surface area contributed by atoms with Crippen molar-refractivity contribution in [2.75, 3.05) is 7.05 Å². The van der Waals surface area contributed by atoms with Crippen LogP contribution in [-0.4, -0.2) is 17.8 Å². The maximum Gasteiger partial charge on any atom is 0.0635 e. The van der Waals surface area contributed by atoms with Crippen molar-refractivity contribution in [3.63, 3.8) is 0 Å². The summed E-state index contributed by atoms with van der Waals surface area (Å²) in [5, 5.41) is 6.42. The van der Waals surface area contributed by atoms with Gasteiger partial charge in [0, 0.05) is 7.05 Å². The minimum atomic E-state index is 0.502. The molecule has 0 aromatic rings. The Kier molecular flexibility index (Phi) is 3.29. The van der Waals surface area contributed by atoms with E-state index in [0.717, 1.165) is 12.1 Å². The third-order valence-corrected chi connectivity index (χ3v) is 2.07. The lowest BCUT2D eigenvalue weighted by Crippen LogP contribution is -2.19. The molecule has 0 aliphatic carbocycles. The molecule has 0 saturated carbocycles. The Balaban J connectivity index is 2.79. The van der Waals surface area contributed by atoms with Gasteiger partial charge in [0.15, 0.2) is 0 Å². The number of hydrogen-bond acceptors (Lipinski definition) is 2. The van der Waals surface area contributed by atoms with Crippen molar-refractivity contribution in [2.45, 2.75) is 27.2 Å². The highest BCUT2D eigenvalue weighted by Gasteiger charge is 2.09. The Hall–Kier alpha value is -1.05. The summed E-state index contributed by atoms with van der Waals surface area (Å²) in [5.41, 5.74) is 2.34. The first-order valence-electron chi connectivity index (χ1n) is 4.85. The molecule has 0 saturated heterocycles. The predicted molar refractivity (Wildman–Crippen MR) is 57.6 cm³/mol. The van der Waals surface area contributed by atoms with Crippen molar-refractivity contribution >= 4 is 5.71 Å². The number of hydrogen-bond donors (Lipinski definition) is 0. The van der Waals surface area contributed by atoms with Crippen LogP contribution in [0.3, 0.4) is 0 Å². The highest BCUT2D eigenvalue weighted by atomic mass is 15.4.